The number of nitrogens with one attached hydrogen (secondary N) is 2. The summed E-state index contributed by atoms with van der Waals surface area (Å²) in [4.78, 5) is 5.22. The van der Waals surface area contributed by atoms with Crippen LogP contribution in [0.3, 0.4) is 0 Å². The molecule has 2 N–H and O–H groups in total. The molecule has 1 fully saturated rings. The normalized spacial score (nSPS) is 18.8. The molecule has 0 aliphatic carbocycles. The number of para-hydroxylation sites is 1. The third-order valence-electron chi connectivity index (χ3n) is 4.16. The number of morpholine rings is 1. The van der Waals surface area contributed by atoms with Gasteiger partial charge in [-0.15, -0.1) is 11.8 Å². The Bertz CT molecular complexity index is 506. The average molecular weight is 339 g/mol. The lowest BCUT2D eigenvalue weighted by atomic mass is 10.3. The molecule has 0 radical (unpaired) electrons. The molecule has 6 heteroatoms. The van der Waals surface area contributed by atoms with Crippen molar-refractivity contribution in [2.75, 3.05) is 56.6 Å². The van der Waals surface area contributed by atoms with Gasteiger partial charge in [-0.05, 0) is 24.4 Å². The van der Waals surface area contributed by atoms with Gasteiger partial charge in [-0.2, -0.15) is 0 Å². The third kappa shape index (κ3) is 4.13. The summed E-state index contributed by atoms with van der Waals surface area (Å²) in [5, 5.41) is 4.30. The van der Waals surface area contributed by atoms with Crippen molar-refractivity contribution in [1.82, 2.24) is 5.32 Å². The highest BCUT2D eigenvalue weighted by atomic mass is 32.2. The molecule has 3 rings (SSSR count). The molecular weight excluding hydrogens is 314 g/mol. The van der Waals surface area contributed by atoms with Gasteiger partial charge in [0.25, 0.3) is 0 Å². The van der Waals surface area contributed by atoms with Crippen molar-refractivity contribution in [1.29, 1.82) is 0 Å². The molecule has 2 aliphatic rings. The summed E-state index contributed by atoms with van der Waals surface area (Å²) in [6.07, 6.45) is 1.15. The van der Waals surface area contributed by atoms with Gasteiger partial charge in [0.05, 0.1) is 25.4 Å². The van der Waals surface area contributed by atoms with Crippen LogP contribution in [0.2, 0.25) is 0 Å². The second kappa shape index (κ2) is 8.15. The summed E-state index contributed by atoms with van der Waals surface area (Å²) >= 11 is 7.51. The number of rotatable bonds is 4. The Kier molecular flexibility index (Phi) is 5.95. The standard InChI is InChI=1S/C16H23N3OS2/c21-16(17-6-3-7-18-8-11-20-12-9-18)19-10-13-22-15-5-2-1-4-14(15)19/h1-2,4-5H,3,6-13H2,(H,17,21)/p+1. The molecule has 4 nitrogen and oxygen atoms in total. The van der Waals surface area contributed by atoms with E-state index in [1.165, 1.54) is 17.1 Å². The van der Waals surface area contributed by atoms with Crippen LogP contribution in [0.5, 0.6) is 0 Å². The van der Waals surface area contributed by atoms with E-state index in [-0.39, 0.29) is 0 Å². The number of anilines is 1. The minimum Gasteiger partial charge on any atom is -0.370 e. The predicted octanol–water partition coefficient (Wildman–Crippen LogP) is 0.778. The monoisotopic (exact) mass is 338 g/mol. The molecule has 1 aromatic carbocycles. The Labute approximate surface area is 142 Å². The number of fused-ring (bicyclic) bond motifs is 1. The van der Waals surface area contributed by atoms with E-state index in [1.54, 1.807) is 4.90 Å². The maximum absolute atomic E-state index is 5.60. The first kappa shape index (κ1) is 16.1. The van der Waals surface area contributed by atoms with E-state index in [0.29, 0.717) is 0 Å². The van der Waals surface area contributed by atoms with Gasteiger partial charge in [-0.1, -0.05) is 12.1 Å². The molecule has 0 bridgehead atoms. The number of ether oxygens (including phenoxy) is 1. The van der Waals surface area contributed by atoms with Gasteiger partial charge in [-0.25, -0.2) is 0 Å². The summed E-state index contributed by atoms with van der Waals surface area (Å²) < 4.78 is 5.39. The maximum Gasteiger partial charge on any atom is 0.173 e. The fraction of sp³-hybridized carbons (Fsp3) is 0.562. The lowest BCUT2D eigenvalue weighted by molar-refractivity contribution is -0.908. The molecule has 2 heterocycles. The number of hydrogen-bond acceptors (Lipinski definition) is 3. The molecule has 0 saturated carbocycles. The van der Waals surface area contributed by atoms with Crippen LogP contribution in [-0.2, 0) is 4.74 Å². The van der Waals surface area contributed by atoms with E-state index >= 15 is 0 Å². The molecule has 1 aromatic rings. The van der Waals surface area contributed by atoms with Crippen molar-refractivity contribution in [3.63, 3.8) is 0 Å². The van der Waals surface area contributed by atoms with Crippen molar-refractivity contribution >= 4 is 34.8 Å². The number of quaternary nitrogens is 1. The first-order valence-electron chi connectivity index (χ1n) is 8.03. The number of thiocarbonyl (C=S) groups is 1. The van der Waals surface area contributed by atoms with Crippen LogP contribution in [0.25, 0.3) is 0 Å². The quantitative estimate of drug-likeness (QED) is 0.625. The smallest absolute Gasteiger partial charge is 0.173 e. The van der Waals surface area contributed by atoms with Crippen LogP contribution in [0.4, 0.5) is 5.69 Å². The Balaban J connectivity index is 1.44. The van der Waals surface area contributed by atoms with Gasteiger partial charge < -0.3 is 19.9 Å². The zero-order chi connectivity index (χ0) is 15.2. The molecular formula is C16H24N3OS2+. The first-order valence-corrected chi connectivity index (χ1v) is 9.42. The van der Waals surface area contributed by atoms with Gasteiger partial charge in [0, 0.05) is 30.2 Å². The predicted molar refractivity (Wildman–Crippen MR) is 96.1 cm³/mol. The van der Waals surface area contributed by atoms with Crippen LogP contribution >= 0.6 is 24.0 Å². The van der Waals surface area contributed by atoms with E-state index in [9.17, 15) is 0 Å². The third-order valence-corrected chi connectivity index (χ3v) is 5.56. The molecule has 0 atom stereocenters. The summed E-state index contributed by atoms with van der Waals surface area (Å²) in [5.41, 5.74) is 1.25. The van der Waals surface area contributed by atoms with Crippen molar-refractivity contribution < 1.29 is 9.64 Å². The second-order valence-corrected chi connectivity index (χ2v) is 7.19. The molecule has 120 valence electrons. The number of thioether (sulfide) groups is 1. The highest BCUT2D eigenvalue weighted by Gasteiger charge is 2.20. The van der Waals surface area contributed by atoms with Crippen molar-refractivity contribution in [3.8, 4) is 0 Å². The van der Waals surface area contributed by atoms with Crippen LogP contribution in [0.15, 0.2) is 29.2 Å². The molecule has 22 heavy (non-hydrogen) atoms. The van der Waals surface area contributed by atoms with Gasteiger partial charge in [0.2, 0.25) is 0 Å². The van der Waals surface area contributed by atoms with Crippen LogP contribution < -0.4 is 15.1 Å². The molecule has 0 unspecified atom stereocenters. The van der Waals surface area contributed by atoms with E-state index in [0.717, 1.165) is 56.7 Å². The molecule has 1 saturated heterocycles. The zero-order valence-corrected chi connectivity index (χ0v) is 14.5. The molecule has 0 aromatic heterocycles. The Hall–Kier alpha value is -0.820. The van der Waals surface area contributed by atoms with E-state index in [2.05, 4.69) is 34.5 Å². The Morgan fingerprint density at radius 1 is 1.32 bits per heavy atom. The second-order valence-electron chi connectivity index (χ2n) is 5.67. The van der Waals surface area contributed by atoms with Crippen molar-refractivity contribution in [2.24, 2.45) is 0 Å². The maximum atomic E-state index is 5.60. The fourth-order valence-electron chi connectivity index (χ4n) is 2.92. The van der Waals surface area contributed by atoms with Crippen LogP contribution in [0, 0.1) is 0 Å². The highest BCUT2D eigenvalue weighted by Crippen LogP contribution is 2.34. The van der Waals surface area contributed by atoms with Gasteiger partial charge in [0.1, 0.15) is 13.1 Å². The number of hydrogen-bond donors (Lipinski definition) is 2. The number of benzene rings is 1. The Morgan fingerprint density at radius 2 is 2.14 bits per heavy atom. The fourth-order valence-corrected chi connectivity index (χ4v) is 4.21. The minimum absolute atomic E-state index is 0.865. The summed E-state index contributed by atoms with van der Waals surface area (Å²) in [5.74, 6) is 1.09. The average Bonchev–Trinajstić information content (AvgIpc) is 2.59. The van der Waals surface area contributed by atoms with Crippen molar-refractivity contribution in [2.45, 2.75) is 11.3 Å². The van der Waals surface area contributed by atoms with E-state index in [1.807, 2.05) is 11.8 Å². The lowest BCUT2D eigenvalue weighted by Crippen LogP contribution is -3.14. The Morgan fingerprint density at radius 3 is 3.00 bits per heavy atom. The summed E-state index contributed by atoms with van der Waals surface area (Å²) in [6.45, 7) is 7.23. The molecule has 2 aliphatic heterocycles. The summed E-state index contributed by atoms with van der Waals surface area (Å²) in [6, 6.07) is 8.52. The van der Waals surface area contributed by atoms with Gasteiger partial charge in [0.15, 0.2) is 5.11 Å². The zero-order valence-electron chi connectivity index (χ0n) is 12.8. The van der Waals surface area contributed by atoms with Gasteiger partial charge in [-0.3, -0.25) is 0 Å². The molecule has 0 spiro atoms. The topological polar surface area (TPSA) is 28.9 Å². The van der Waals surface area contributed by atoms with Crippen LogP contribution in [0.1, 0.15) is 6.42 Å². The highest BCUT2D eigenvalue weighted by molar-refractivity contribution is 7.99. The number of nitrogens with zero attached hydrogens (tertiary/aromatic N) is 1. The minimum atomic E-state index is 0.865. The summed E-state index contributed by atoms with van der Waals surface area (Å²) in [7, 11) is 0. The molecule has 0 amide bonds. The van der Waals surface area contributed by atoms with Gasteiger partial charge >= 0.3 is 0 Å². The van der Waals surface area contributed by atoms with E-state index in [4.69, 9.17) is 17.0 Å². The lowest BCUT2D eigenvalue weighted by Gasteiger charge is -2.31. The first-order chi connectivity index (χ1) is 10.8. The van der Waals surface area contributed by atoms with Crippen molar-refractivity contribution in [3.05, 3.63) is 24.3 Å². The SMILES string of the molecule is S=C(NCCC[NH+]1CCOCC1)N1CCSc2ccccc21. The van der Waals surface area contributed by atoms with Crippen LogP contribution in [-0.4, -0.2) is 56.8 Å². The van der Waals surface area contributed by atoms with E-state index < -0.39 is 0 Å². The largest absolute Gasteiger partial charge is 0.370 e.